The van der Waals surface area contributed by atoms with Gasteiger partial charge in [0.1, 0.15) is 0 Å². The van der Waals surface area contributed by atoms with Gasteiger partial charge < -0.3 is 15.4 Å². The lowest BCUT2D eigenvalue weighted by molar-refractivity contribution is 0.00480. The first kappa shape index (κ1) is 31.2. The number of ether oxygens (including phenoxy) is 1. The Morgan fingerprint density at radius 1 is 0.814 bits per heavy atom. The molecule has 0 spiro atoms. The molecule has 43 heavy (non-hydrogen) atoms. The monoisotopic (exact) mass is 607 g/mol. The van der Waals surface area contributed by atoms with E-state index in [2.05, 4.69) is 72.5 Å². The summed E-state index contributed by atoms with van der Waals surface area (Å²) < 4.78 is 34.4. The van der Waals surface area contributed by atoms with E-state index in [4.69, 9.17) is 4.74 Å². The summed E-state index contributed by atoms with van der Waals surface area (Å²) in [6.45, 7) is 12.1. The fraction of sp³-hybridized carbons (Fsp3) is 0.667. The molecule has 7 heteroatoms. The van der Waals surface area contributed by atoms with Gasteiger partial charge >= 0.3 is 0 Å². The van der Waals surface area contributed by atoms with Gasteiger partial charge in [-0.3, -0.25) is 0 Å². The fourth-order valence-corrected chi connectivity index (χ4v) is 9.19. The molecule has 4 aliphatic rings. The van der Waals surface area contributed by atoms with E-state index >= 15 is 0 Å². The summed E-state index contributed by atoms with van der Waals surface area (Å²) >= 11 is 0. The molecule has 1 aliphatic carbocycles. The second-order valence-corrected chi connectivity index (χ2v) is 16.1. The lowest BCUT2D eigenvalue weighted by Crippen LogP contribution is -2.48. The van der Waals surface area contributed by atoms with Gasteiger partial charge in [-0.15, -0.1) is 0 Å². The van der Waals surface area contributed by atoms with Crippen molar-refractivity contribution in [1.29, 1.82) is 0 Å². The minimum absolute atomic E-state index is 0.0566. The first-order chi connectivity index (χ1) is 20.8. The summed E-state index contributed by atoms with van der Waals surface area (Å²) in [5.74, 6) is 3.64. The second-order valence-electron chi connectivity index (χ2n) is 14.3. The average molecular weight is 608 g/mol. The van der Waals surface area contributed by atoms with Crippen LogP contribution in [0.4, 0.5) is 0 Å². The maximum Gasteiger partial charge on any atom is 0.216 e. The minimum atomic E-state index is -3.43. The van der Waals surface area contributed by atoms with Gasteiger partial charge in [-0.25, -0.2) is 13.1 Å². The molecule has 1 saturated carbocycles. The van der Waals surface area contributed by atoms with Crippen molar-refractivity contribution in [2.45, 2.75) is 101 Å². The van der Waals surface area contributed by atoms with Crippen LogP contribution >= 0.6 is 0 Å². The highest BCUT2D eigenvalue weighted by Gasteiger charge is 2.38. The third-order valence-corrected chi connectivity index (χ3v) is 12.0. The minimum Gasteiger partial charge on any atom is -0.378 e. The van der Waals surface area contributed by atoms with Crippen LogP contribution in [0.5, 0.6) is 0 Å². The highest BCUT2D eigenvalue weighted by atomic mass is 32.2. The quantitative estimate of drug-likeness (QED) is 0.279. The standard InChI is InChI=1S/C36H53N3O3S/c1-24(2)28-4-6-35(26-8-12-37-13-9-26)32(17-28)20-31-19-30(31)16-25(3)29-5-7-36(27-10-14-38-15-11-27)33(18-29)23-43(40,41)39-34-21-42-22-34/h4-7,17-18,24-27,30-31,34,37-39H,8-16,19-23H2,1-3H3. The average Bonchev–Trinajstić information content (AvgIpc) is 3.72. The van der Waals surface area contributed by atoms with Crippen LogP contribution in [0.3, 0.4) is 0 Å². The van der Waals surface area contributed by atoms with Crippen LogP contribution in [0.15, 0.2) is 36.4 Å². The molecule has 3 unspecified atom stereocenters. The van der Waals surface area contributed by atoms with E-state index < -0.39 is 10.0 Å². The van der Waals surface area contributed by atoms with Crippen molar-refractivity contribution < 1.29 is 13.2 Å². The summed E-state index contributed by atoms with van der Waals surface area (Å²) in [7, 11) is -3.43. The number of sulfonamides is 1. The third kappa shape index (κ3) is 7.91. The zero-order chi connectivity index (χ0) is 30.0. The van der Waals surface area contributed by atoms with Gasteiger partial charge in [0.25, 0.3) is 0 Å². The lowest BCUT2D eigenvalue weighted by atomic mass is 9.83. The Labute approximate surface area is 260 Å². The Hall–Kier alpha value is -1.77. The Kier molecular flexibility index (Phi) is 9.95. The van der Waals surface area contributed by atoms with Crippen molar-refractivity contribution in [2.24, 2.45) is 11.8 Å². The molecule has 0 aromatic heterocycles. The first-order valence-electron chi connectivity index (χ1n) is 17.0. The number of benzene rings is 2. The molecule has 3 aliphatic heterocycles. The van der Waals surface area contributed by atoms with E-state index in [9.17, 15) is 8.42 Å². The maximum atomic E-state index is 13.1. The molecule has 2 aromatic carbocycles. The highest BCUT2D eigenvalue weighted by Crippen LogP contribution is 2.48. The predicted octanol–water partition coefficient (Wildman–Crippen LogP) is 5.93. The Bertz CT molecular complexity index is 1340. The van der Waals surface area contributed by atoms with Gasteiger partial charge in [0.05, 0.1) is 25.0 Å². The van der Waals surface area contributed by atoms with Crippen LogP contribution in [0.25, 0.3) is 0 Å². The van der Waals surface area contributed by atoms with Crippen LogP contribution < -0.4 is 15.4 Å². The lowest BCUT2D eigenvalue weighted by Gasteiger charge is -2.28. The smallest absolute Gasteiger partial charge is 0.216 e. The largest absolute Gasteiger partial charge is 0.378 e. The molecule has 3 atom stereocenters. The first-order valence-corrected chi connectivity index (χ1v) is 18.7. The highest BCUT2D eigenvalue weighted by molar-refractivity contribution is 7.88. The molecule has 2 aromatic rings. The van der Waals surface area contributed by atoms with Gasteiger partial charge in [0.2, 0.25) is 10.0 Å². The number of hydrogen-bond acceptors (Lipinski definition) is 5. The van der Waals surface area contributed by atoms with E-state index in [1.807, 2.05) is 0 Å². The molecule has 3 saturated heterocycles. The van der Waals surface area contributed by atoms with Crippen molar-refractivity contribution in [3.63, 3.8) is 0 Å². The summed E-state index contributed by atoms with van der Waals surface area (Å²) in [6.07, 6.45) is 8.30. The molecule has 3 heterocycles. The molecule has 0 radical (unpaired) electrons. The van der Waals surface area contributed by atoms with Crippen molar-refractivity contribution in [3.05, 3.63) is 69.8 Å². The van der Waals surface area contributed by atoms with E-state index in [0.29, 0.717) is 36.9 Å². The topological polar surface area (TPSA) is 79.5 Å². The Morgan fingerprint density at radius 2 is 1.40 bits per heavy atom. The second kappa shape index (κ2) is 13.7. The maximum absolute atomic E-state index is 13.1. The van der Waals surface area contributed by atoms with Gasteiger partial charge in [-0.05, 0) is 140 Å². The van der Waals surface area contributed by atoms with Crippen LogP contribution in [-0.2, 0) is 26.9 Å². The summed E-state index contributed by atoms with van der Waals surface area (Å²) in [5.41, 5.74) is 8.18. The molecule has 4 fully saturated rings. The van der Waals surface area contributed by atoms with Crippen LogP contribution in [-0.4, -0.2) is 53.9 Å². The predicted molar refractivity (Wildman–Crippen MR) is 175 cm³/mol. The Balaban J connectivity index is 1.15. The molecule has 0 amide bonds. The van der Waals surface area contributed by atoms with Crippen molar-refractivity contribution >= 4 is 10.0 Å². The normalized spacial score (nSPS) is 24.7. The van der Waals surface area contributed by atoms with Crippen molar-refractivity contribution in [1.82, 2.24) is 15.4 Å². The fourth-order valence-electron chi connectivity index (χ4n) is 7.81. The molecule has 6 rings (SSSR count). The zero-order valence-electron chi connectivity index (χ0n) is 26.5. The van der Waals surface area contributed by atoms with Crippen molar-refractivity contribution in [3.8, 4) is 0 Å². The van der Waals surface area contributed by atoms with E-state index in [1.165, 1.54) is 48.8 Å². The van der Waals surface area contributed by atoms with E-state index in [0.717, 1.165) is 56.4 Å². The van der Waals surface area contributed by atoms with Crippen LogP contribution in [0.1, 0.15) is 116 Å². The third-order valence-electron chi connectivity index (χ3n) is 10.7. The van der Waals surface area contributed by atoms with Crippen LogP contribution in [0, 0.1) is 11.8 Å². The SMILES string of the molecule is CC(C)c1ccc(C2CCNCC2)c(CC2CC2CC(C)c2ccc(C3CCNCC3)c(CS(=O)(=O)NC3COC3)c2)c1. The molecular weight excluding hydrogens is 554 g/mol. The number of rotatable bonds is 12. The molecule has 236 valence electrons. The molecule has 3 N–H and O–H groups in total. The van der Waals surface area contributed by atoms with E-state index in [1.54, 1.807) is 11.1 Å². The van der Waals surface area contributed by atoms with Gasteiger partial charge in [-0.2, -0.15) is 0 Å². The van der Waals surface area contributed by atoms with Gasteiger partial charge in [-0.1, -0.05) is 57.2 Å². The summed E-state index contributed by atoms with van der Waals surface area (Å²) in [6, 6.07) is 14.0. The summed E-state index contributed by atoms with van der Waals surface area (Å²) in [5, 5.41) is 6.99. The zero-order valence-corrected chi connectivity index (χ0v) is 27.4. The van der Waals surface area contributed by atoms with Gasteiger partial charge in [0, 0.05) is 0 Å². The van der Waals surface area contributed by atoms with Gasteiger partial charge in [0.15, 0.2) is 0 Å². The molecule has 6 nitrogen and oxygen atoms in total. The number of nitrogens with one attached hydrogen (secondary N) is 3. The van der Waals surface area contributed by atoms with Crippen molar-refractivity contribution in [2.75, 3.05) is 39.4 Å². The Morgan fingerprint density at radius 3 is 1.98 bits per heavy atom. The number of piperidine rings is 2. The van der Waals surface area contributed by atoms with E-state index in [-0.39, 0.29) is 11.8 Å². The number of hydrogen-bond donors (Lipinski definition) is 3. The summed E-state index contributed by atoms with van der Waals surface area (Å²) in [4.78, 5) is 0. The molecule has 0 bridgehead atoms. The molecular formula is C36H53N3O3S. The van der Waals surface area contributed by atoms with Crippen LogP contribution in [0.2, 0.25) is 0 Å².